The molecule has 2 rings (SSSR count). The first-order chi connectivity index (χ1) is 10.1. The van der Waals surface area contributed by atoms with Crippen LogP contribution in [0.2, 0.25) is 0 Å². The first-order valence-corrected chi connectivity index (χ1v) is 7.39. The van der Waals surface area contributed by atoms with Gasteiger partial charge in [-0.1, -0.05) is 15.9 Å². The van der Waals surface area contributed by atoms with Crippen LogP contribution in [-0.2, 0) is 9.53 Å². The first-order valence-electron chi connectivity index (χ1n) is 6.59. The summed E-state index contributed by atoms with van der Waals surface area (Å²) >= 11 is 3.20. The monoisotopic (exact) mass is 370 g/mol. The lowest BCUT2D eigenvalue weighted by Gasteiger charge is -2.19. The number of rotatable bonds is 1. The SMILES string of the molecule is CC(=O)Nc1cn(C(=O)OC(C)(C)C)c2c(F)cc(Br)cc12. The molecule has 0 spiro atoms. The number of halogens is 2. The van der Waals surface area contributed by atoms with Gasteiger partial charge in [-0.05, 0) is 32.9 Å². The molecule has 7 heteroatoms. The Morgan fingerprint density at radius 2 is 1.95 bits per heavy atom. The number of hydrogen-bond acceptors (Lipinski definition) is 3. The van der Waals surface area contributed by atoms with E-state index in [0.29, 0.717) is 15.5 Å². The smallest absolute Gasteiger partial charge is 0.419 e. The molecule has 0 atom stereocenters. The van der Waals surface area contributed by atoms with Crippen LogP contribution < -0.4 is 5.32 Å². The standard InChI is InChI=1S/C15H16BrFN2O3/c1-8(20)18-12-7-19(14(21)22-15(2,3)4)13-10(12)5-9(16)6-11(13)17/h5-7H,1-4H3,(H,18,20). The molecule has 0 aliphatic rings. The van der Waals surface area contributed by atoms with E-state index in [-0.39, 0.29) is 11.4 Å². The number of benzene rings is 1. The predicted molar refractivity (Wildman–Crippen MR) is 85.5 cm³/mol. The molecule has 118 valence electrons. The van der Waals surface area contributed by atoms with E-state index in [1.165, 1.54) is 19.2 Å². The number of amides is 1. The minimum Gasteiger partial charge on any atom is -0.443 e. The Bertz CT molecular complexity index is 762. The van der Waals surface area contributed by atoms with E-state index in [0.717, 1.165) is 4.57 Å². The lowest BCUT2D eigenvalue weighted by atomic mass is 10.2. The second-order valence-electron chi connectivity index (χ2n) is 5.86. The Balaban J connectivity index is 2.64. The topological polar surface area (TPSA) is 60.3 Å². The van der Waals surface area contributed by atoms with Gasteiger partial charge in [-0.15, -0.1) is 0 Å². The number of ether oxygens (including phenoxy) is 1. The normalized spacial score (nSPS) is 11.5. The molecule has 1 amide bonds. The summed E-state index contributed by atoms with van der Waals surface area (Å²) in [5.41, 5.74) is -0.317. The number of anilines is 1. The molecule has 1 heterocycles. The molecule has 0 radical (unpaired) electrons. The molecule has 2 aromatic rings. The highest BCUT2D eigenvalue weighted by Crippen LogP contribution is 2.32. The van der Waals surface area contributed by atoms with Crippen molar-refractivity contribution in [3.63, 3.8) is 0 Å². The second-order valence-corrected chi connectivity index (χ2v) is 6.77. The number of nitrogens with zero attached hydrogens (tertiary/aromatic N) is 1. The maximum atomic E-state index is 14.3. The van der Waals surface area contributed by atoms with Gasteiger partial charge in [0.05, 0.1) is 11.2 Å². The van der Waals surface area contributed by atoms with Gasteiger partial charge in [0, 0.05) is 23.0 Å². The summed E-state index contributed by atoms with van der Waals surface area (Å²) in [6.45, 7) is 6.50. The van der Waals surface area contributed by atoms with Crippen LogP contribution in [0.1, 0.15) is 27.7 Å². The van der Waals surface area contributed by atoms with Crippen LogP contribution in [0.25, 0.3) is 10.9 Å². The molecule has 5 nitrogen and oxygen atoms in total. The van der Waals surface area contributed by atoms with E-state index >= 15 is 0 Å². The number of nitrogens with one attached hydrogen (secondary N) is 1. The van der Waals surface area contributed by atoms with Crippen molar-refractivity contribution >= 4 is 44.5 Å². The summed E-state index contributed by atoms with van der Waals surface area (Å²) in [5, 5.41) is 3.00. The molecule has 0 aliphatic heterocycles. The van der Waals surface area contributed by atoms with Crippen LogP contribution in [0.4, 0.5) is 14.9 Å². The van der Waals surface area contributed by atoms with E-state index < -0.39 is 17.5 Å². The van der Waals surface area contributed by atoms with E-state index in [9.17, 15) is 14.0 Å². The van der Waals surface area contributed by atoms with Crippen LogP contribution in [0.5, 0.6) is 0 Å². The van der Waals surface area contributed by atoms with Gasteiger partial charge >= 0.3 is 6.09 Å². The molecular formula is C15H16BrFN2O3. The molecule has 0 saturated heterocycles. The Morgan fingerprint density at radius 3 is 2.50 bits per heavy atom. The molecule has 1 aromatic heterocycles. The maximum Gasteiger partial charge on any atom is 0.419 e. The molecule has 0 saturated carbocycles. The zero-order valence-corrected chi connectivity index (χ0v) is 14.2. The zero-order chi connectivity index (χ0) is 16.7. The third-order valence-electron chi connectivity index (χ3n) is 2.72. The lowest BCUT2D eigenvalue weighted by molar-refractivity contribution is -0.114. The van der Waals surface area contributed by atoms with Gasteiger partial charge in [-0.3, -0.25) is 4.79 Å². The number of carbonyl (C=O) groups excluding carboxylic acids is 2. The Labute approximate surface area is 135 Å². The average molecular weight is 371 g/mol. The minimum absolute atomic E-state index is 0.0567. The molecule has 1 aromatic carbocycles. The van der Waals surface area contributed by atoms with Crippen molar-refractivity contribution in [1.82, 2.24) is 4.57 Å². The molecule has 0 unspecified atom stereocenters. The Hall–Kier alpha value is -1.89. The number of hydrogen-bond donors (Lipinski definition) is 1. The molecular weight excluding hydrogens is 355 g/mol. The highest BCUT2D eigenvalue weighted by Gasteiger charge is 2.23. The lowest BCUT2D eigenvalue weighted by Crippen LogP contribution is -2.26. The van der Waals surface area contributed by atoms with E-state index in [4.69, 9.17) is 4.74 Å². The van der Waals surface area contributed by atoms with Crippen molar-refractivity contribution in [2.24, 2.45) is 0 Å². The minimum atomic E-state index is -0.715. The molecule has 0 bridgehead atoms. The van der Waals surface area contributed by atoms with Gasteiger partial charge in [0.2, 0.25) is 5.91 Å². The van der Waals surface area contributed by atoms with Crippen LogP contribution >= 0.6 is 15.9 Å². The van der Waals surface area contributed by atoms with Gasteiger partial charge in [0.1, 0.15) is 11.4 Å². The summed E-state index contributed by atoms with van der Waals surface area (Å²) in [7, 11) is 0. The molecule has 0 aliphatic carbocycles. The van der Waals surface area contributed by atoms with E-state index in [1.807, 2.05) is 0 Å². The van der Waals surface area contributed by atoms with Crippen molar-refractivity contribution < 1.29 is 18.7 Å². The van der Waals surface area contributed by atoms with Crippen molar-refractivity contribution in [3.8, 4) is 0 Å². The third-order valence-corrected chi connectivity index (χ3v) is 3.18. The molecule has 1 N–H and O–H groups in total. The number of aromatic nitrogens is 1. The maximum absolute atomic E-state index is 14.3. The van der Waals surface area contributed by atoms with Gasteiger partial charge in [-0.25, -0.2) is 13.8 Å². The van der Waals surface area contributed by atoms with Crippen LogP contribution in [0.3, 0.4) is 0 Å². The Morgan fingerprint density at radius 1 is 1.32 bits per heavy atom. The highest BCUT2D eigenvalue weighted by molar-refractivity contribution is 9.10. The predicted octanol–water partition coefficient (Wildman–Crippen LogP) is 4.28. The summed E-state index contributed by atoms with van der Waals surface area (Å²) < 4.78 is 21.1. The van der Waals surface area contributed by atoms with Gasteiger partial charge < -0.3 is 10.1 Å². The highest BCUT2D eigenvalue weighted by atomic mass is 79.9. The van der Waals surface area contributed by atoms with E-state index in [1.54, 1.807) is 26.8 Å². The number of carbonyl (C=O) groups is 2. The fourth-order valence-corrected chi connectivity index (χ4v) is 2.45. The van der Waals surface area contributed by atoms with Crippen molar-refractivity contribution in [2.45, 2.75) is 33.3 Å². The largest absolute Gasteiger partial charge is 0.443 e. The molecule has 22 heavy (non-hydrogen) atoms. The van der Waals surface area contributed by atoms with Gasteiger partial charge in [0.25, 0.3) is 0 Å². The van der Waals surface area contributed by atoms with Crippen molar-refractivity contribution in [3.05, 3.63) is 28.6 Å². The summed E-state index contributed by atoms with van der Waals surface area (Å²) in [6, 6.07) is 2.88. The summed E-state index contributed by atoms with van der Waals surface area (Å²) in [6.07, 6.45) is 0.644. The third kappa shape index (κ3) is 3.47. The zero-order valence-electron chi connectivity index (χ0n) is 12.7. The van der Waals surface area contributed by atoms with Gasteiger partial charge in [-0.2, -0.15) is 0 Å². The fourth-order valence-electron chi connectivity index (χ4n) is 2.02. The van der Waals surface area contributed by atoms with Gasteiger partial charge in [0.15, 0.2) is 0 Å². The van der Waals surface area contributed by atoms with Crippen LogP contribution in [-0.4, -0.2) is 22.2 Å². The molecule has 0 fully saturated rings. The quantitative estimate of drug-likeness (QED) is 0.814. The average Bonchev–Trinajstić information content (AvgIpc) is 2.65. The summed E-state index contributed by atoms with van der Waals surface area (Å²) in [5.74, 6) is -0.907. The van der Waals surface area contributed by atoms with Crippen LogP contribution in [0.15, 0.2) is 22.8 Å². The number of fused-ring (bicyclic) bond motifs is 1. The fraction of sp³-hybridized carbons (Fsp3) is 0.333. The first kappa shape index (κ1) is 16.5. The second kappa shape index (κ2) is 5.72. The Kier molecular flexibility index (Phi) is 4.28. The summed E-state index contributed by atoms with van der Waals surface area (Å²) in [4.78, 5) is 23.6. The van der Waals surface area contributed by atoms with E-state index in [2.05, 4.69) is 21.2 Å². The van der Waals surface area contributed by atoms with Crippen molar-refractivity contribution in [1.29, 1.82) is 0 Å². The van der Waals surface area contributed by atoms with Crippen LogP contribution in [0, 0.1) is 5.82 Å². The van der Waals surface area contributed by atoms with Crippen molar-refractivity contribution in [2.75, 3.05) is 5.32 Å².